The first-order chi connectivity index (χ1) is 14.7. The molecule has 0 saturated carbocycles. The van der Waals surface area contributed by atoms with Crippen molar-refractivity contribution >= 4 is 48.1 Å². The molecule has 1 unspecified atom stereocenters. The Morgan fingerprint density at radius 2 is 2.10 bits per heavy atom. The van der Waals surface area contributed by atoms with Crippen LogP contribution in [0.15, 0.2) is 47.4 Å². The normalized spacial score (nSPS) is 16.5. The summed E-state index contributed by atoms with van der Waals surface area (Å²) in [7, 11) is -3.76. The van der Waals surface area contributed by atoms with Crippen molar-refractivity contribution in [2.24, 2.45) is 0 Å². The van der Waals surface area contributed by atoms with Gasteiger partial charge in [-0.1, -0.05) is 23.5 Å². The lowest BCUT2D eigenvalue weighted by atomic mass is 10.1. The molecule has 1 atom stereocenters. The maximum absolute atomic E-state index is 13.5. The van der Waals surface area contributed by atoms with Gasteiger partial charge in [-0.3, -0.25) is 19.8 Å². The maximum atomic E-state index is 13.5. The highest BCUT2D eigenvalue weighted by Gasteiger charge is 2.29. The number of carbonyl (C=O) groups excluding carboxylic acids is 1. The number of carbonyl (C=O) groups is 1. The lowest BCUT2D eigenvalue weighted by molar-refractivity contribution is -0.385. The van der Waals surface area contributed by atoms with E-state index in [4.69, 9.17) is 4.74 Å². The summed E-state index contributed by atoms with van der Waals surface area (Å²) < 4.78 is 30.7. The summed E-state index contributed by atoms with van der Waals surface area (Å²) in [4.78, 5) is 29.8. The van der Waals surface area contributed by atoms with Gasteiger partial charge in [0, 0.05) is 30.6 Å². The van der Waals surface area contributed by atoms with Crippen molar-refractivity contribution in [3.8, 4) is 0 Å². The van der Waals surface area contributed by atoms with E-state index in [9.17, 15) is 23.3 Å². The van der Waals surface area contributed by atoms with E-state index in [0.29, 0.717) is 11.7 Å². The quantitative estimate of drug-likeness (QED) is 0.407. The summed E-state index contributed by atoms with van der Waals surface area (Å²) in [6.07, 6.45) is 2.40. The number of ether oxygens (including phenoxy) is 1. The zero-order valence-corrected chi connectivity index (χ0v) is 18.2. The molecule has 1 fully saturated rings. The standard InChI is InChI=1S/C20H19N3O6S2/c1-31(27,28)16-10-13(9-14(11-16)23(25)26)19(24)22(12-15-5-4-8-29-15)20-21-17-6-2-3-7-18(17)30-20/h2-3,6-7,9-11,15H,4-5,8,12H2,1H3. The predicted octanol–water partition coefficient (Wildman–Crippen LogP) is 3.43. The van der Waals surface area contributed by atoms with Crippen molar-refractivity contribution in [1.82, 2.24) is 4.98 Å². The lowest BCUT2D eigenvalue weighted by Crippen LogP contribution is -2.37. The molecule has 31 heavy (non-hydrogen) atoms. The van der Waals surface area contributed by atoms with Crippen molar-refractivity contribution in [3.05, 3.63) is 58.1 Å². The number of nitrogens with zero attached hydrogens (tertiary/aromatic N) is 3. The molecule has 0 radical (unpaired) electrons. The van der Waals surface area contributed by atoms with E-state index in [0.717, 1.165) is 41.4 Å². The fraction of sp³-hybridized carbons (Fsp3) is 0.300. The monoisotopic (exact) mass is 461 g/mol. The summed E-state index contributed by atoms with van der Waals surface area (Å²) in [5.41, 5.74) is 0.169. The summed E-state index contributed by atoms with van der Waals surface area (Å²) in [5.74, 6) is -0.567. The number of nitro groups is 1. The van der Waals surface area contributed by atoms with E-state index < -0.39 is 26.4 Å². The SMILES string of the molecule is CS(=O)(=O)c1cc(C(=O)N(CC2CCCO2)c2nc3ccccc3s2)cc([N+](=O)[O-])c1. The minimum Gasteiger partial charge on any atom is -0.376 e. The molecule has 2 heterocycles. The molecule has 0 spiro atoms. The zero-order chi connectivity index (χ0) is 22.2. The molecule has 2 aromatic carbocycles. The third kappa shape index (κ3) is 4.58. The summed E-state index contributed by atoms with van der Waals surface area (Å²) in [6.45, 7) is 0.817. The Morgan fingerprint density at radius 1 is 1.32 bits per heavy atom. The van der Waals surface area contributed by atoms with Gasteiger partial charge in [0.05, 0.1) is 32.7 Å². The number of thiazole rings is 1. The van der Waals surface area contributed by atoms with Gasteiger partial charge in [0.2, 0.25) is 0 Å². The first-order valence-electron chi connectivity index (χ1n) is 9.51. The average Bonchev–Trinajstić information content (AvgIpc) is 3.39. The second kappa shape index (κ2) is 8.33. The van der Waals surface area contributed by atoms with Crippen molar-refractivity contribution in [2.45, 2.75) is 23.8 Å². The molecule has 1 aliphatic rings. The molecule has 1 aliphatic heterocycles. The van der Waals surface area contributed by atoms with Gasteiger partial charge >= 0.3 is 0 Å². The molecule has 1 saturated heterocycles. The van der Waals surface area contributed by atoms with Gasteiger partial charge in [0.15, 0.2) is 15.0 Å². The molecule has 11 heteroatoms. The minimum absolute atomic E-state index is 0.0909. The first kappa shape index (κ1) is 21.3. The highest BCUT2D eigenvalue weighted by Crippen LogP contribution is 2.31. The molecule has 3 aromatic rings. The number of sulfone groups is 1. The Balaban J connectivity index is 1.80. The smallest absolute Gasteiger partial charge is 0.271 e. The number of non-ortho nitro benzene ring substituents is 1. The maximum Gasteiger partial charge on any atom is 0.271 e. The van der Waals surface area contributed by atoms with Gasteiger partial charge in [-0.25, -0.2) is 13.4 Å². The van der Waals surface area contributed by atoms with E-state index in [-0.39, 0.29) is 23.1 Å². The Morgan fingerprint density at radius 3 is 2.74 bits per heavy atom. The Hall–Kier alpha value is -2.89. The molecule has 0 bridgehead atoms. The molecular formula is C20H19N3O6S2. The van der Waals surface area contributed by atoms with E-state index in [1.807, 2.05) is 24.3 Å². The molecule has 9 nitrogen and oxygen atoms in total. The van der Waals surface area contributed by atoms with E-state index >= 15 is 0 Å². The summed E-state index contributed by atoms with van der Waals surface area (Å²) >= 11 is 1.32. The second-order valence-corrected chi connectivity index (χ2v) is 10.3. The Bertz CT molecular complexity index is 1230. The largest absolute Gasteiger partial charge is 0.376 e. The van der Waals surface area contributed by atoms with Crippen LogP contribution < -0.4 is 4.90 Å². The van der Waals surface area contributed by atoms with E-state index in [1.165, 1.54) is 22.3 Å². The first-order valence-corrected chi connectivity index (χ1v) is 12.2. The van der Waals surface area contributed by atoms with E-state index in [1.54, 1.807) is 0 Å². The second-order valence-electron chi connectivity index (χ2n) is 7.26. The summed E-state index contributed by atoms with van der Waals surface area (Å²) in [5, 5.41) is 11.8. The van der Waals surface area contributed by atoms with Crippen molar-refractivity contribution in [3.63, 3.8) is 0 Å². The molecule has 1 amide bonds. The number of amides is 1. The van der Waals surface area contributed by atoms with Gasteiger partial charge < -0.3 is 4.74 Å². The van der Waals surface area contributed by atoms with Crippen molar-refractivity contribution in [1.29, 1.82) is 0 Å². The molecule has 0 aliphatic carbocycles. The average molecular weight is 462 g/mol. The van der Waals surface area contributed by atoms with Crippen LogP contribution in [0.25, 0.3) is 10.2 Å². The number of fused-ring (bicyclic) bond motifs is 1. The van der Waals surface area contributed by atoms with Crippen LogP contribution in [-0.4, -0.2) is 49.7 Å². The minimum atomic E-state index is -3.76. The Kier molecular flexibility index (Phi) is 5.73. The number of anilines is 1. The van der Waals surface area contributed by atoms with E-state index in [2.05, 4.69) is 4.98 Å². The van der Waals surface area contributed by atoms with Gasteiger partial charge in [-0.2, -0.15) is 0 Å². The number of nitro benzene ring substituents is 1. The highest BCUT2D eigenvalue weighted by atomic mass is 32.2. The number of aromatic nitrogens is 1. The van der Waals surface area contributed by atoms with Crippen molar-refractivity contribution in [2.75, 3.05) is 24.3 Å². The number of hydrogen-bond donors (Lipinski definition) is 0. The summed E-state index contributed by atoms with van der Waals surface area (Å²) in [6, 6.07) is 10.6. The van der Waals surface area contributed by atoms with Gasteiger partial charge in [-0.05, 0) is 31.0 Å². The Labute approximate surface area is 182 Å². The highest BCUT2D eigenvalue weighted by molar-refractivity contribution is 7.90. The number of benzene rings is 2. The topological polar surface area (TPSA) is 120 Å². The van der Waals surface area contributed by atoms with Crippen LogP contribution in [0.3, 0.4) is 0 Å². The molecule has 1 aromatic heterocycles. The van der Waals surface area contributed by atoms with Crippen LogP contribution in [0, 0.1) is 10.1 Å². The molecule has 162 valence electrons. The van der Waals surface area contributed by atoms with Crippen LogP contribution in [0.4, 0.5) is 10.8 Å². The van der Waals surface area contributed by atoms with Gasteiger partial charge in [0.1, 0.15) is 0 Å². The van der Waals surface area contributed by atoms with Crippen LogP contribution in [0.1, 0.15) is 23.2 Å². The molecule has 4 rings (SSSR count). The number of rotatable bonds is 6. The predicted molar refractivity (Wildman–Crippen MR) is 116 cm³/mol. The van der Waals surface area contributed by atoms with Gasteiger partial charge in [0.25, 0.3) is 11.6 Å². The third-order valence-electron chi connectivity index (χ3n) is 4.95. The third-order valence-corrected chi connectivity index (χ3v) is 7.10. The fourth-order valence-electron chi connectivity index (χ4n) is 3.40. The zero-order valence-electron chi connectivity index (χ0n) is 16.6. The van der Waals surface area contributed by atoms with Crippen LogP contribution >= 0.6 is 11.3 Å². The van der Waals surface area contributed by atoms with Crippen molar-refractivity contribution < 1.29 is 22.9 Å². The molecule has 0 N–H and O–H groups in total. The van der Waals surface area contributed by atoms with Crippen LogP contribution in [0.2, 0.25) is 0 Å². The number of para-hydroxylation sites is 1. The molecular weight excluding hydrogens is 442 g/mol. The fourth-order valence-corrected chi connectivity index (χ4v) is 5.05. The van der Waals surface area contributed by atoms with Crippen LogP contribution in [0.5, 0.6) is 0 Å². The van der Waals surface area contributed by atoms with Crippen LogP contribution in [-0.2, 0) is 14.6 Å². The van der Waals surface area contributed by atoms with Gasteiger partial charge in [-0.15, -0.1) is 0 Å². The lowest BCUT2D eigenvalue weighted by Gasteiger charge is -2.23. The number of hydrogen-bond acceptors (Lipinski definition) is 8.